The third-order valence-electron chi connectivity index (χ3n) is 4.67. The highest BCUT2D eigenvalue weighted by Crippen LogP contribution is 2.20. The van der Waals surface area contributed by atoms with Crippen LogP contribution < -0.4 is 10.1 Å². The van der Waals surface area contributed by atoms with Gasteiger partial charge in [-0.1, -0.05) is 0 Å². The number of hydrogen-bond acceptors (Lipinski definition) is 6. The van der Waals surface area contributed by atoms with E-state index >= 15 is 0 Å². The van der Waals surface area contributed by atoms with E-state index in [1.165, 1.54) is 5.56 Å². The van der Waals surface area contributed by atoms with Crippen molar-refractivity contribution in [1.82, 2.24) is 24.8 Å². The summed E-state index contributed by atoms with van der Waals surface area (Å²) in [6, 6.07) is 13.1. The summed E-state index contributed by atoms with van der Waals surface area (Å²) in [5.41, 5.74) is 1.96. The average Bonchev–Trinajstić information content (AvgIpc) is 2.77. The molecule has 8 nitrogen and oxygen atoms in total. The van der Waals surface area contributed by atoms with E-state index in [0.29, 0.717) is 18.8 Å². The van der Waals surface area contributed by atoms with Gasteiger partial charge in [-0.15, -0.1) is 0 Å². The monoisotopic (exact) mass is 390 g/mol. The Kier molecular flexibility index (Phi) is 5.92. The number of hydrogen-bond donors (Lipinski definition) is 1. The van der Waals surface area contributed by atoms with Crippen LogP contribution >= 0.6 is 0 Å². The van der Waals surface area contributed by atoms with Gasteiger partial charge in [-0.3, -0.25) is 9.88 Å². The van der Waals surface area contributed by atoms with Gasteiger partial charge in [0, 0.05) is 63.2 Å². The van der Waals surface area contributed by atoms with Crippen LogP contribution in [0.25, 0.3) is 0 Å². The molecule has 0 bridgehead atoms. The number of ether oxygens (including phenoxy) is 1. The van der Waals surface area contributed by atoms with Crippen LogP contribution in [-0.4, -0.2) is 57.0 Å². The van der Waals surface area contributed by atoms with Gasteiger partial charge in [0.15, 0.2) is 0 Å². The van der Waals surface area contributed by atoms with Crippen molar-refractivity contribution in [2.75, 3.05) is 31.5 Å². The average molecular weight is 390 g/mol. The first-order chi connectivity index (χ1) is 14.3. The number of carbonyl (C=O) groups is 1. The first-order valence-corrected chi connectivity index (χ1v) is 9.48. The molecule has 1 N–H and O–H groups in total. The molecule has 1 fully saturated rings. The number of anilines is 1. The summed E-state index contributed by atoms with van der Waals surface area (Å²) in [6.07, 6.45) is 6.85. The minimum Gasteiger partial charge on any atom is -0.424 e. The number of amides is 2. The summed E-state index contributed by atoms with van der Waals surface area (Å²) < 4.78 is 5.56. The van der Waals surface area contributed by atoms with E-state index in [1.807, 2.05) is 29.4 Å². The fourth-order valence-corrected chi connectivity index (χ4v) is 3.11. The zero-order chi connectivity index (χ0) is 19.9. The second-order valence-corrected chi connectivity index (χ2v) is 6.71. The molecule has 0 saturated carbocycles. The Bertz CT molecular complexity index is 913. The molecule has 0 radical (unpaired) electrons. The highest BCUT2D eigenvalue weighted by atomic mass is 16.5. The highest BCUT2D eigenvalue weighted by molar-refractivity contribution is 5.89. The largest absolute Gasteiger partial charge is 0.424 e. The van der Waals surface area contributed by atoms with Crippen LogP contribution in [0.4, 0.5) is 10.5 Å². The Labute approximate surface area is 169 Å². The van der Waals surface area contributed by atoms with E-state index in [1.54, 1.807) is 42.7 Å². The van der Waals surface area contributed by atoms with Gasteiger partial charge in [-0.25, -0.2) is 14.8 Å². The van der Waals surface area contributed by atoms with Crippen molar-refractivity contribution >= 4 is 11.7 Å². The van der Waals surface area contributed by atoms with E-state index in [-0.39, 0.29) is 12.0 Å². The molecule has 1 aromatic carbocycles. The number of aromatic nitrogens is 3. The zero-order valence-corrected chi connectivity index (χ0v) is 15.9. The number of rotatable bonds is 5. The van der Waals surface area contributed by atoms with Crippen LogP contribution in [0.1, 0.15) is 5.56 Å². The Balaban J connectivity index is 1.25. The summed E-state index contributed by atoms with van der Waals surface area (Å²) in [4.78, 5) is 28.8. The molecule has 2 amide bonds. The Morgan fingerprint density at radius 2 is 1.62 bits per heavy atom. The van der Waals surface area contributed by atoms with Crippen LogP contribution in [-0.2, 0) is 6.54 Å². The van der Waals surface area contributed by atoms with Crippen LogP contribution in [0.5, 0.6) is 11.8 Å². The van der Waals surface area contributed by atoms with Crippen molar-refractivity contribution in [1.29, 1.82) is 0 Å². The zero-order valence-electron chi connectivity index (χ0n) is 15.9. The van der Waals surface area contributed by atoms with Gasteiger partial charge < -0.3 is 15.0 Å². The quantitative estimate of drug-likeness (QED) is 0.721. The normalized spacial score (nSPS) is 14.4. The first kappa shape index (κ1) is 18.8. The summed E-state index contributed by atoms with van der Waals surface area (Å²) in [6.45, 7) is 3.97. The molecular formula is C21H22N6O2. The van der Waals surface area contributed by atoms with E-state index in [4.69, 9.17) is 4.74 Å². The number of benzene rings is 1. The number of pyridine rings is 1. The molecule has 0 atom stereocenters. The van der Waals surface area contributed by atoms with Crippen LogP contribution in [0, 0.1) is 0 Å². The molecule has 0 aliphatic carbocycles. The summed E-state index contributed by atoms with van der Waals surface area (Å²) in [5.74, 6) is 0.610. The van der Waals surface area contributed by atoms with E-state index in [9.17, 15) is 4.79 Å². The SMILES string of the molecule is O=C(Nc1ccc(Oc2ncccn2)cc1)N1CCN(Cc2ccncc2)CC1. The second kappa shape index (κ2) is 9.11. The molecule has 0 unspecified atom stereocenters. The predicted octanol–water partition coefficient (Wildman–Crippen LogP) is 3.01. The fraction of sp³-hybridized carbons (Fsp3) is 0.238. The Hall–Kier alpha value is -3.52. The summed E-state index contributed by atoms with van der Waals surface area (Å²) in [5, 5.41) is 2.94. The molecule has 3 heterocycles. The molecule has 4 rings (SSSR count). The van der Waals surface area contributed by atoms with Gasteiger partial charge in [0.05, 0.1) is 0 Å². The number of carbonyl (C=O) groups excluding carboxylic acids is 1. The van der Waals surface area contributed by atoms with Gasteiger partial charge in [-0.2, -0.15) is 0 Å². The topological polar surface area (TPSA) is 83.5 Å². The lowest BCUT2D eigenvalue weighted by Crippen LogP contribution is -2.49. The van der Waals surface area contributed by atoms with E-state index in [0.717, 1.165) is 25.3 Å². The standard InChI is InChI=1S/C21H22N6O2/c28-21(27-14-12-26(13-15-27)16-17-6-10-22-11-7-17)25-18-2-4-19(5-3-18)29-20-23-8-1-9-24-20/h1-11H,12-16H2,(H,25,28). The summed E-state index contributed by atoms with van der Waals surface area (Å²) >= 11 is 0. The lowest BCUT2D eigenvalue weighted by Gasteiger charge is -2.34. The van der Waals surface area contributed by atoms with Crippen molar-refractivity contribution in [3.05, 3.63) is 72.8 Å². The van der Waals surface area contributed by atoms with Crippen LogP contribution in [0.2, 0.25) is 0 Å². The van der Waals surface area contributed by atoms with Gasteiger partial charge in [-0.05, 0) is 48.0 Å². The molecule has 3 aromatic rings. The maximum Gasteiger partial charge on any atom is 0.321 e. The molecule has 1 saturated heterocycles. The second-order valence-electron chi connectivity index (χ2n) is 6.71. The number of urea groups is 1. The maximum atomic E-state index is 12.5. The van der Waals surface area contributed by atoms with Gasteiger partial charge >= 0.3 is 12.0 Å². The van der Waals surface area contributed by atoms with Crippen molar-refractivity contribution in [2.45, 2.75) is 6.54 Å². The lowest BCUT2D eigenvalue weighted by molar-refractivity contribution is 0.143. The Morgan fingerprint density at radius 3 is 2.31 bits per heavy atom. The van der Waals surface area contributed by atoms with Crippen molar-refractivity contribution in [3.63, 3.8) is 0 Å². The van der Waals surface area contributed by atoms with Crippen molar-refractivity contribution < 1.29 is 9.53 Å². The molecule has 1 aliphatic heterocycles. The Morgan fingerprint density at radius 1 is 0.931 bits per heavy atom. The van der Waals surface area contributed by atoms with Crippen molar-refractivity contribution in [2.24, 2.45) is 0 Å². The first-order valence-electron chi connectivity index (χ1n) is 9.48. The minimum absolute atomic E-state index is 0.0892. The molecule has 2 aromatic heterocycles. The number of piperazine rings is 1. The molecular weight excluding hydrogens is 368 g/mol. The molecule has 29 heavy (non-hydrogen) atoms. The lowest BCUT2D eigenvalue weighted by atomic mass is 10.2. The fourth-order valence-electron chi connectivity index (χ4n) is 3.11. The van der Waals surface area contributed by atoms with Crippen molar-refractivity contribution in [3.8, 4) is 11.8 Å². The predicted molar refractivity (Wildman–Crippen MR) is 109 cm³/mol. The van der Waals surface area contributed by atoms with E-state index in [2.05, 4.69) is 25.2 Å². The smallest absolute Gasteiger partial charge is 0.321 e. The third-order valence-corrected chi connectivity index (χ3v) is 4.67. The highest BCUT2D eigenvalue weighted by Gasteiger charge is 2.21. The van der Waals surface area contributed by atoms with Crippen LogP contribution in [0.15, 0.2) is 67.3 Å². The van der Waals surface area contributed by atoms with Gasteiger partial charge in [0.25, 0.3) is 0 Å². The minimum atomic E-state index is -0.0892. The summed E-state index contributed by atoms with van der Waals surface area (Å²) in [7, 11) is 0. The van der Waals surface area contributed by atoms with E-state index < -0.39 is 0 Å². The molecule has 1 aliphatic rings. The number of nitrogens with zero attached hydrogens (tertiary/aromatic N) is 5. The number of nitrogens with one attached hydrogen (secondary N) is 1. The molecule has 8 heteroatoms. The third kappa shape index (κ3) is 5.26. The molecule has 148 valence electrons. The maximum absolute atomic E-state index is 12.5. The van der Waals surface area contributed by atoms with Gasteiger partial charge in [0.2, 0.25) is 0 Å². The van der Waals surface area contributed by atoms with Crippen LogP contribution in [0.3, 0.4) is 0 Å². The molecule has 0 spiro atoms. The van der Waals surface area contributed by atoms with Gasteiger partial charge in [0.1, 0.15) is 5.75 Å².